The van der Waals surface area contributed by atoms with E-state index >= 15 is 0 Å². The largest absolute Gasteiger partial charge is 0.448 e. The monoisotopic (exact) mass is 245 g/mol. The number of nitrogens with one attached hydrogen (secondary N) is 1. The number of carbonyl (C=O) groups excluding carboxylic acids is 2. The molecule has 2 amide bonds. The van der Waals surface area contributed by atoms with Gasteiger partial charge in [-0.15, -0.1) is 0 Å². The van der Waals surface area contributed by atoms with Gasteiger partial charge in [0, 0.05) is 19.6 Å². The lowest BCUT2D eigenvalue weighted by molar-refractivity contribution is -0.137. The highest BCUT2D eigenvalue weighted by molar-refractivity contribution is 5.81. The van der Waals surface area contributed by atoms with Crippen LogP contribution in [0.4, 0.5) is 4.79 Å². The van der Waals surface area contributed by atoms with Gasteiger partial charge in [0.2, 0.25) is 5.91 Å². The van der Waals surface area contributed by atoms with Crippen LogP contribution >= 0.6 is 0 Å². The topological polar surface area (TPSA) is 93.9 Å². The summed E-state index contributed by atoms with van der Waals surface area (Å²) in [6.07, 6.45) is -0.807. The van der Waals surface area contributed by atoms with Gasteiger partial charge in [0.1, 0.15) is 6.61 Å². The molecule has 0 spiro atoms. The Morgan fingerprint density at radius 3 is 2.71 bits per heavy atom. The first-order chi connectivity index (χ1) is 8.11. The third kappa shape index (κ3) is 5.01. The smallest absolute Gasteiger partial charge is 0.404 e. The van der Waals surface area contributed by atoms with Crippen LogP contribution in [-0.4, -0.2) is 62.4 Å². The molecule has 1 saturated heterocycles. The van der Waals surface area contributed by atoms with Crippen molar-refractivity contribution < 1.29 is 19.1 Å². The van der Waals surface area contributed by atoms with E-state index in [1.807, 2.05) is 0 Å². The van der Waals surface area contributed by atoms with E-state index < -0.39 is 6.09 Å². The second-order valence-electron chi connectivity index (χ2n) is 3.78. The van der Waals surface area contributed by atoms with E-state index in [9.17, 15) is 9.59 Å². The number of rotatable bonds is 5. The molecule has 0 aliphatic carbocycles. The summed E-state index contributed by atoms with van der Waals surface area (Å²) < 4.78 is 9.72. The predicted octanol–water partition coefficient (Wildman–Crippen LogP) is -1.08. The number of hydrogen-bond donors (Lipinski definition) is 2. The Morgan fingerprint density at radius 1 is 1.47 bits per heavy atom. The molecule has 0 radical (unpaired) electrons. The molecule has 0 saturated carbocycles. The minimum absolute atomic E-state index is 0.0346. The lowest BCUT2D eigenvalue weighted by atomic mass is 10.2. The molecule has 0 aromatic rings. The van der Waals surface area contributed by atoms with Gasteiger partial charge in [-0.2, -0.15) is 0 Å². The van der Waals surface area contributed by atoms with Gasteiger partial charge in [0.25, 0.3) is 0 Å². The fourth-order valence-corrected chi connectivity index (χ4v) is 1.57. The zero-order valence-corrected chi connectivity index (χ0v) is 9.98. The Balaban J connectivity index is 2.19. The van der Waals surface area contributed by atoms with E-state index in [2.05, 4.69) is 10.1 Å². The van der Waals surface area contributed by atoms with Gasteiger partial charge in [-0.05, 0) is 6.92 Å². The van der Waals surface area contributed by atoms with Gasteiger partial charge in [-0.1, -0.05) is 0 Å². The normalized spacial score (nSPS) is 17.6. The lowest BCUT2D eigenvalue weighted by Gasteiger charge is -2.29. The van der Waals surface area contributed by atoms with Crippen molar-refractivity contribution in [1.29, 1.82) is 0 Å². The summed E-state index contributed by atoms with van der Waals surface area (Å²) in [7, 11) is 0. The first-order valence-corrected chi connectivity index (χ1v) is 5.63. The summed E-state index contributed by atoms with van der Waals surface area (Å²) in [6, 6.07) is -0.301. The van der Waals surface area contributed by atoms with E-state index in [1.165, 1.54) is 0 Å². The molecule has 1 heterocycles. The van der Waals surface area contributed by atoms with E-state index in [0.717, 1.165) is 0 Å². The zero-order chi connectivity index (χ0) is 12.7. The van der Waals surface area contributed by atoms with Gasteiger partial charge in [-0.3, -0.25) is 4.79 Å². The first kappa shape index (κ1) is 13.7. The summed E-state index contributed by atoms with van der Waals surface area (Å²) in [6.45, 7) is 4.77. The molecule has 98 valence electrons. The molecule has 3 N–H and O–H groups in total. The minimum atomic E-state index is -0.807. The fraction of sp³-hybridized carbons (Fsp3) is 0.800. The fourth-order valence-electron chi connectivity index (χ4n) is 1.57. The molecule has 1 aliphatic heterocycles. The highest BCUT2D eigenvalue weighted by Crippen LogP contribution is 2.00. The van der Waals surface area contributed by atoms with Crippen molar-refractivity contribution in [2.75, 3.05) is 39.5 Å². The van der Waals surface area contributed by atoms with Gasteiger partial charge in [0.05, 0.1) is 19.3 Å². The maximum Gasteiger partial charge on any atom is 0.404 e. The number of hydrogen-bond acceptors (Lipinski definition) is 5. The van der Waals surface area contributed by atoms with Crippen molar-refractivity contribution >= 4 is 12.0 Å². The van der Waals surface area contributed by atoms with Crippen molar-refractivity contribution in [2.45, 2.75) is 13.0 Å². The molecule has 0 bridgehead atoms. The third-order valence-corrected chi connectivity index (χ3v) is 2.49. The van der Waals surface area contributed by atoms with Crippen molar-refractivity contribution in [2.24, 2.45) is 5.73 Å². The number of nitrogens with zero attached hydrogens (tertiary/aromatic N) is 1. The minimum Gasteiger partial charge on any atom is -0.448 e. The summed E-state index contributed by atoms with van der Waals surface area (Å²) in [5, 5.41) is 2.97. The van der Waals surface area contributed by atoms with Gasteiger partial charge in [0.15, 0.2) is 0 Å². The second kappa shape index (κ2) is 7.08. The molecule has 1 rings (SSSR count). The number of amides is 2. The van der Waals surface area contributed by atoms with E-state index in [0.29, 0.717) is 32.8 Å². The molecule has 0 aromatic heterocycles. The maximum absolute atomic E-state index is 11.9. The van der Waals surface area contributed by atoms with Crippen LogP contribution < -0.4 is 11.1 Å². The second-order valence-corrected chi connectivity index (χ2v) is 3.78. The number of carbonyl (C=O) groups is 2. The zero-order valence-electron chi connectivity index (χ0n) is 9.98. The van der Waals surface area contributed by atoms with Gasteiger partial charge < -0.3 is 25.4 Å². The number of ether oxygens (including phenoxy) is 2. The molecule has 1 aliphatic rings. The molecule has 1 fully saturated rings. The van der Waals surface area contributed by atoms with E-state index in [-0.39, 0.29) is 18.6 Å². The molecule has 0 aromatic carbocycles. The SMILES string of the molecule is CC(NCCOC(N)=O)C(=O)N1CCOCC1. The Kier molecular flexibility index (Phi) is 5.71. The quantitative estimate of drug-likeness (QED) is 0.601. The Labute approximate surface area is 100 Å². The predicted molar refractivity (Wildman–Crippen MR) is 60.4 cm³/mol. The van der Waals surface area contributed by atoms with Crippen LogP contribution in [0.2, 0.25) is 0 Å². The van der Waals surface area contributed by atoms with E-state index in [4.69, 9.17) is 10.5 Å². The number of primary amides is 1. The van der Waals surface area contributed by atoms with Crippen molar-refractivity contribution in [3.05, 3.63) is 0 Å². The highest BCUT2D eigenvalue weighted by atomic mass is 16.5. The average molecular weight is 245 g/mol. The highest BCUT2D eigenvalue weighted by Gasteiger charge is 2.21. The molecule has 1 unspecified atom stereocenters. The number of morpholine rings is 1. The molecular weight excluding hydrogens is 226 g/mol. The van der Waals surface area contributed by atoms with Crippen molar-refractivity contribution in [3.63, 3.8) is 0 Å². The van der Waals surface area contributed by atoms with Crippen molar-refractivity contribution in [1.82, 2.24) is 10.2 Å². The Hall–Kier alpha value is -1.34. The van der Waals surface area contributed by atoms with Crippen LogP contribution in [0.3, 0.4) is 0 Å². The van der Waals surface area contributed by atoms with Crippen LogP contribution in [-0.2, 0) is 14.3 Å². The summed E-state index contributed by atoms with van der Waals surface area (Å²) in [5.74, 6) is 0.0346. The van der Waals surface area contributed by atoms with Crippen LogP contribution in [0.15, 0.2) is 0 Å². The van der Waals surface area contributed by atoms with Crippen molar-refractivity contribution in [3.8, 4) is 0 Å². The summed E-state index contributed by atoms with van der Waals surface area (Å²) in [5.41, 5.74) is 4.81. The van der Waals surface area contributed by atoms with Crippen LogP contribution in [0.5, 0.6) is 0 Å². The maximum atomic E-state index is 11.9. The molecule has 7 nitrogen and oxygen atoms in total. The third-order valence-electron chi connectivity index (χ3n) is 2.49. The van der Waals surface area contributed by atoms with Gasteiger partial charge in [-0.25, -0.2) is 4.79 Å². The van der Waals surface area contributed by atoms with Crippen LogP contribution in [0, 0.1) is 0 Å². The molecule has 1 atom stereocenters. The standard InChI is InChI=1S/C10H19N3O4/c1-8(12-2-5-17-10(11)15)9(14)13-3-6-16-7-4-13/h8,12H,2-7H2,1H3,(H2,11,15). The van der Waals surface area contributed by atoms with Crippen LogP contribution in [0.1, 0.15) is 6.92 Å². The average Bonchev–Trinajstić information content (AvgIpc) is 2.34. The van der Waals surface area contributed by atoms with Gasteiger partial charge >= 0.3 is 6.09 Å². The van der Waals surface area contributed by atoms with Crippen LogP contribution in [0.25, 0.3) is 0 Å². The molecule has 17 heavy (non-hydrogen) atoms. The Bertz CT molecular complexity index is 266. The summed E-state index contributed by atoms with van der Waals surface area (Å²) >= 11 is 0. The number of nitrogens with two attached hydrogens (primary N) is 1. The summed E-state index contributed by atoms with van der Waals surface area (Å²) in [4.78, 5) is 24.0. The Morgan fingerprint density at radius 2 is 2.12 bits per heavy atom. The molecular formula is C10H19N3O4. The molecule has 7 heteroatoms. The van der Waals surface area contributed by atoms with E-state index in [1.54, 1.807) is 11.8 Å². The lowest BCUT2D eigenvalue weighted by Crippen LogP contribution is -2.49. The first-order valence-electron chi connectivity index (χ1n) is 5.63.